The number of aliphatic hydroxyl groups excluding tert-OH is 1. The Morgan fingerprint density at radius 2 is 2.03 bits per heavy atom. The van der Waals surface area contributed by atoms with Crippen LogP contribution in [0.5, 0.6) is 0 Å². The Morgan fingerprint density at radius 3 is 2.76 bits per heavy atom. The van der Waals surface area contributed by atoms with Crippen LogP contribution in [0.3, 0.4) is 0 Å². The molecule has 0 saturated heterocycles. The average Bonchev–Trinajstić information content (AvgIpc) is 3.23. The Kier molecular flexibility index (Phi) is 10.4. The summed E-state index contributed by atoms with van der Waals surface area (Å²) < 4.78 is 5.87. The van der Waals surface area contributed by atoms with Gasteiger partial charge < -0.3 is 9.84 Å². The fourth-order valence-corrected chi connectivity index (χ4v) is 8.18. The van der Waals surface area contributed by atoms with Crippen LogP contribution in [0.25, 0.3) is 10.1 Å². The number of rotatable bonds is 12. The third-order valence-electron chi connectivity index (χ3n) is 6.26. The smallest absolute Gasteiger partial charge is 0.315 e. The van der Waals surface area contributed by atoms with Crippen LogP contribution in [-0.4, -0.2) is 52.6 Å². The highest BCUT2D eigenvalue weighted by Crippen LogP contribution is 2.45. The molecule has 3 atom stereocenters. The SMILES string of the molecule is COC(=O)CSCCCS[C@@H]1C(=O)C(C)(C)[C@@H](O)[C@H]1/C=C\CCCc1sc2ccccc2c1Cl. The standard InChI is InChI=1S/C26H33ClO4S3/c1-26(2)24(29)18(23(25(26)30)33-15-9-14-32-16-21(28)31-3)11-5-4-6-13-20-22(27)17-10-7-8-12-19(17)34-20/h5,7-8,10-12,18,23-24,29H,4,6,9,13-16H2,1-3H3/b11-5-/t18-,23-,24-/m0/s1. The first kappa shape index (κ1) is 27.6. The maximum atomic E-state index is 13.0. The second-order valence-corrected chi connectivity index (χ2v) is 12.9. The maximum Gasteiger partial charge on any atom is 0.315 e. The van der Waals surface area contributed by atoms with E-state index in [9.17, 15) is 14.7 Å². The molecule has 1 N–H and O–H groups in total. The molecule has 0 spiro atoms. The summed E-state index contributed by atoms with van der Waals surface area (Å²) >= 11 is 11.5. The molecule has 34 heavy (non-hydrogen) atoms. The normalized spacial score (nSPS) is 22.1. The van der Waals surface area contributed by atoms with Crippen LogP contribution in [0.15, 0.2) is 36.4 Å². The monoisotopic (exact) mass is 540 g/mol. The third kappa shape index (κ3) is 6.61. The number of thioether (sulfide) groups is 2. The number of halogens is 1. The zero-order valence-electron chi connectivity index (χ0n) is 19.9. The van der Waals surface area contributed by atoms with Crippen molar-refractivity contribution in [2.24, 2.45) is 11.3 Å². The van der Waals surface area contributed by atoms with Crippen molar-refractivity contribution < 1.29 is 19.4 Å². The topological polar surface area (TPSA) is 63.6 Å². The molecule has 0 aliphatic heterocycles. The van der Waals surface area contributed by atoms with Crippen LogP contribution in [0.4, 0.5) is 0 Å². The summed E-state index contributed by atoms with van der Waals surface area (Å²) in [5, 5.41) is 12.6. The number of benzene rings is 1. The van der Waals surface area contributed by atoms with Crippen LogP contribution in [0.2, 0.25) is 5.02 Å². The largest absolute Gasteiger partial charge is 0.468 e. The van der Waals surface area contributed by atoms with Gasteiger partial charge in [-0.15, -0.1) is 23.1 Å². The number of esters is 1. The molecule has 4 nitrogen and oxygen atoms in total. The number of thiophene rings is 1. The van der Waals surface area contributed by atoms with Crippen LogP contribution < -0.4 is 0 Å². The molecule has 3 rings (SSSR count). The Balaban J connectivity index is 1.50. The molecule has 0 bridgehead atoms. The number of hydrogen-bond donors (Lipinski definition) is 1. The fraction of sp³-hybridized carbons (Fsp3) is 0.538. The van der Waals surface area contributed by atoms with Crippen molar-refractivity contribution in [1.29, 1.82) is 0 Å². The summed E-state index contributed by atoms with van der Waals surface area (Å²) in [5.74, 6) is 1.75. The van der Waals surface area contributed by atoms with Crippen molar-refractivity contribution in [3.63, 3.8) is 0 Å². The van der Waals surface area contributed by atoms with Crippen LogP contribution >= 0.6 is 46.5 Å². The second-order valence-electron chi connectivity index (χ2n) is 9.04. The number of Topliss-reactive ketones (excluding diaryl/α,β-unsaturated/α-hetero) is 1. The number of aliphatic hydroxyl groups is 1. The lowest BCUT2D eigenvalue weighted by Crippen LogP contribution is -2.31. The molecule has 1 aromatic heterocycles. The van der Waals surface area contributed by atoms with E-state index in [-0.39, 0.29) is 22.9 Å². The van der Waals surface area contributed by atoms with E-state index in [1.165, 1.54) is 16.7 Å². The molecular formula is C26H33ClO4S3. The molecule has 8 heteroatoms. The number of hydrogen-bond acceptors (Lipinski definition) is 7. The Labute approximate surface area is 219 Å². The number of methoxy groups -OCH3 is 1. The molecule has 1 aromatic carbocycles. The van der Waals surface area contributed by atoms with Crippen LogP contribution in [-0.2, 0) is 20.7 Å². The van der Waals surface area contributed by atoms with Crippen LogP contribution in [0.1, 0.15) is 38.0 Å². The summed E-state index contributed by atoms with van der Waals surface area (Å²) in [6, 6.07) is 8.21. The predicted molar refractivity (Wildman–Crippen MR) is 147 cm³/mol. The molecule has 0 radical (unpaired) electrons. The number of ether oxygens (including phenoxy) is 1. The summed E-state index contributed by atoms with van der Waals surface area (Å²) in [7, 11) is 1.39. The van der Waals surface area contributed by atoms with Crippen LogP contribution in [0, 0.1) is 11.3 Å². The van der Waals surface area contributed by atoms with Gasteiger partial charge in [0.25, 0.3) is 0 Å². The molecular weight excluding hydrogens is 508 g/mol. The quantitative estimate of drug-likeness (QED) is 0.190. The summed E-state index contributed by atoms with van der Waals surface area (Å²) in [6.45, 7) is 3.69. The van der Waals surface area contributed by atoms with Crippen molar-refractivity contribution in [1.82, 2.24) is 0 Å². The summed E-state index contributed by atoms with van der Waals surface area (Å²) in [4.78, 5) is 25.4. The van der Waals surface area contributed by atoms with Gasteiger partial charge >= 0.3 is 5.97 Å². The van der Waals surface area contributed by atoms with Crippen molar-refractivity contribution >= 4 is 68.3 Å². The minimum atomic E-state index is -0.739. The van der Waals surface area contributed by atoms with Gasteiger partial charge in [0, 0.05) is 20.9 Å². The number of fused-ring (bicyclic) bond motifs is 1. The number of carbonyl (C=O) groups excluding carboxylic acids is 2. The Bertz CT molecular complexity index is 1020. The van der Waals surface area contributed by atoms with Crippen molar-refractivity contribution in [2.75, 3.05) is 24.4 Å². The lowest BCUT2D eigenvalue weighted by Gasteiger charge is -2.22. The van der Waals surface area contributed by atoms with E-state index < -0.39 is 11.5 Å². The van der Waals surface area contributed by atoms with E-state index in [1.54, 1.807) is 34.9 Å². The van der Waals surface area contributed by atoms with E-state index in [1.807, 2.05) is 32.1 Å². The lowest BCUT2D eigenvalue weighted by atomic mass is 9.86. The fourth-order valence-electron chi connectivity index (χ4n) is 4.17. The van der Waals surface area contributed by atoms with E-state index in [4.69, 9.17) is 11.6 Å². The van der Waals surface area contributed by atoms with Crippen molar-refractivity contribution in [2.45, 2.75) is 50.9 Å². The van der Waals surface area contributed by atoms with E-state index in [0.29, 0.717) is 5.75 Å². The van der Waals surface area contributed by atoms with Crippen molar-refractivity contribution in [3.05, 3.63) is 46.3 Å². The maximum absolute atomic E-state index is 13.0. The van der Waals surface area contributed by atoms with Gasteiger partial charge in [0.2, 0.25) is 0 Å². The lowest BCUT2D eigenvalue weighted by molar-refractivity contribution is -0.137. The first-order valence-corrected chi connectivity index (χ1v) is 15.0. The first-order valence-electron chi connectivity index (χ1n) is 11.6. The predicted octanol–water partition coefficient (Wildman–Crippen LogP) is 6.42. The van der Waals surface area contributed by atoms with E-state index in [0.717, 1.165) is 47.6 Å². The third-order valence-corrected chi connectivity index (χ3v) is 10.5. The van der Waals surface area contributed by atoms with Gasteiger partial charge in [0.15, 0.2) is 5.78 Å². The van der Waals surface area contributed by atoms with E-state index in [2.05, 4.69) is 22.9 Å². The molecule has 1 heterocycles. The molecule has 1 aliphatic rings. The van der Waals surface area contributed by atoms with Gasteiger partial charge in [-0.3, -0.25) is 9.59 Å². The van der Waals surface area contributed by atoms with Gasteiger partial charge in [-0.2, -0.15) is 11.8 Å². The molecule has 0 unspecified atom stereocenters. The Morgan fingerprint density at radius 1 is 1.26 bits per heavy atom. The second kappa shape index (κ2) is 12.8. The van der Waals surface area contributed by atoms with Gasteiger partial charge in [-0.05, 0) is 43.3 Å². The number of carbonyl (C=O) groups is 2. The van der Waals surface area contributed by atoms with Crippen molar-refractivity contribution in [3.8, 4) is 0 Å². The zero-order chi connectivity index (χ0) is 24.7. The van der Waals surface area contributed by atoms with Gasteiger partial charge in [0.05, 0.1) is 34.7 Å². The van der Waals surface area contributed by atoms with E-state index >= 15 is 0 Å². The number of unbranched alkanes of at least 4 members (excludes halogenated alkanes) is 1. The summed E-state index contributed by atoms with van der Waals surface area (Å²) in [6.07, 6.45) is 7.15. The highest BCUT2D eigenvalue weighted by Gasteiger charge is 2.53. The minimum Gasteiger partial charge on any atom is -0.468 e. The number of allylic oxidation sites excluding steroid dienone is 1. The highest BCUT2D eigenvalue weighted by molar-refractivity contribution is 8.01. The molecule has 0 amide bonds. The zero-order valence-corrected chi connectivity index (χ0v) is 23.1. The molecule has 1 fully saturated rings. The molecule has 1 saturated carbocycles. The molecule has 186 valence electrons. The van der Waals surface area contributed by atoms with Gasteiger partial charge in [-0.25, -0.2) is 0 Å². The minimum absolute atomic E-state index is 0.124. The Hall–Kier alpha value is -0.990. The summed E-state index contributed by atoms with van der Waals surface area (Å²) in [5.41, 5.74) is -0.739. The molecule has 2 aromatic rings. The van der Waals surface area contributed by atoms with Gasteiger partial charge in [-0.1, -0.05) is 55.8 Å². The first-order chi connectivity index (χ1) is 16.3. The average molecular weight is 541 g/mol. The van der Waals surface area contributed by atoms with Gasteiger partial charge in [0.1, 0.15) is 0 Å². The highest BCUT2D eigenvalue weighted by atomic mass is 35.5. The molecule has 1 aliphatic carbocycles. The number of ketones is 1. The number of aryl methyl sites for hydroxylation is 1.